The first-order chi connectivity index (χ1) is 10.7. The summed E-state index contributed by atoms with van der Waals surface area (Å²) in [6, 6.07) is 5.95. The molecule has 1 N–H and O–H groups in total. The third kappa shape index (κ3) is 3.43. The standard InChI is InChI=1S/C17H24N2O3S/c1-11-6-12(2)8-13(7-11)17(20)18-14-9-15-4-5-16(10-14)19(15)23(3,21)22/h6-8,14-16H,4-5,9-10H2,1-3H3,(H,18,20). The lowest BCUT2D eigenvalue weighted by atomic mass is 9.99. The zero-order chi connectivity index (χ0) is 16.8. The van der Waals surface area contributed by atoms with Crippen LogP contribution in [0.4, 0.5) is 0 Å². The molecule has 2 aliphatic rings. The molecule has 0 spiro atoms. The summed E-state index contributed by atoms with van der Waals surface area (Å²) in [5, 5.41) is 3.10. The highest BCUT2D eigenvalue weighted by Gasteiger charge is 2.45. The molecule has 2 unspecified atom stereocenters. The van der Waals surface area contributed by atoms with Gasteiger partial charge in [-0.05, 0) is 51.7 Å². The average molecular weight is 336 g/mol. The molecule has 1 aromatic carbocycles. The van der Waals surface area contributed by atoms with Crippen molar-refractivity contribution in [3.8, 4) is 0 Å². The van der Waals surface area contributed by atoms with Gasteiger partial charge in [-0.25, -0.2) is 8.42 Å². The minimum Gasteiger partial charge on any atom is -0.349 e. The highest BCUT2D eigenvalue weighted by Crippen LogP contribution is 2.37. The molecule has 1 amide bonds. The van der Waals surface area contributed by atoms with Gasteiger partial charge in [0.2, 0.25) is 10.0 Å². The van der Waals surface area contributed by atoms with E-state index in [2.05, 4.69) is 5.32 Å². The molecular formula is C17H24N2O3S. The van der Waals surface area contributed by atoms with Crippen LogP contribution in [-0.4, -0.2) is 43.0 Å². The van der Waals surface area contributed by atoms with Gasteiger partial charge in [0.05, 0.1) is 6.26 Å². The summed E-state index contributed by atoms with van der Waals surface area (Å²) >= 11 is 0. The third-order valence-corrected chi connectivity index (χ3v) is 6.23. The molecule has 1 aromatic rings. The molecule has 6 heteroatoms. The van der Waals surface area contributed by atoms with Crippen LogP contribution in [0, 0.1) is 13.8 Å². The number of hydrogen-bond donors (Lipinski definition) is 1. The molecule has 2 fully saturated rings. The number of fused-ring (bicyclic) bond motifs is 2. The smallest absolute Gasteiger partial charge is 0.251 e. The fourth-order valence-electron chi connectivity index (χ4n) is 4.17. The molecule has 5 nitrogen and oxygen atoms in total. The zero-order valence-electron chi connectivity index (χ0n) is 13.9. The van der Waals surface area contributed by atoms with Crippen molar-refractivity contribution in [1.82, 2.24) is 9.62 Å². The maximum absolute atomic E-state index is 12.5. The van der Waals surface area contributed by atoms with E-state index in [0.717, 1.165) is 24.0 Å². The topological polar surface area (TPSA) is 66.5 Å². The molecule has 2 bridgehead atoms. The van der Waals surface area contributed by atoms with Gasteiger partial charge in [0, 0.05) is 23.7 Å². The van der Waals surface area contributed by atoms with E-state index in [4.69, 9.17) is 0 Å². The van der Waals surface area contributed by atoms with Crippen LogP contribution in [0.3, 0.4) is 0 Å². The van der Waals surface area contributed by atoms with Gasteiger partial charge in [-0.3, -0.25) is 4.79 Å². The van der Waals surface area contributed by atoms with Gasteiger partial charge < -0.3 is 5.32 Å². The summed E-state index contributed by atoms with van der Waals surface area (Å²) < 4.78 is 25.5. The number of nitrogens with zero attached hydrogens (tertiary/aromatic N) is 1. The minimum absolute atomic E-state index is 0.0355. The average Bonchev–Trinajstić information content (AvgIpc) is 2.70. The van der Waals surface area contributed by atoms with E-state index in [0.29, 0.717) is 18.4 Å². The fourth-order valence-corrected chi connectivity index (χ4v) is 5.63. The molecule has 3 rings (SSSR count). The lowest BCUT2D eigenvalue weighted by molar-refractivity contribution is 0.0909. The molecule has 0 saturated carbocycles. The van der Waals surface area contributed by atoms with E-state index in [1.165, 1.54) is 6.26 Å². The number of amides is 1. The molecule has 0 aromatic heterocycles. The Hall–Kier alpha value is -1.40. The Morgan fingerprint density at radius 1 is 1.09 bits per heavy atom. The summed E-state index contributed by atoms with van der Waals surface area (Å²) in [6.07, 6.45) is 4.49. The fraction of sp³-hybridized carbons (Fsp3) is 0.588. The highest BCUT2D eigenvalue weighted by molar-refractivity contribution is 7.88. The van der Waals surface area contributed by atoms with E-state index in [-0.39, 0.29) is 24.0 Å². The van der Waals surface area contributed by atoms with E-state index >= 15 is 0 Å². The largest absolute Gasteiger partial charge is 0.349 e. The van der Waals surface area contributed by atoms with Crippen molar-refractivity contribution >= 4 is 15.9 Å². The lowest BCUT2D eigenvalue weighted by Crippen LogP contribution is -2.52. The van der Waals surface area contributed by atoms with Gasteiger partial charge in [0.1, 0.15) is 0 Å². The number of hydrogen-bond acceptors (Lipinski definition) is 3. The first-order valence-corrected chi connectivity index (χ1v) is 9.96. The Kier molecular flexibility index (Phi) is 4.23. The van der Waals surface area contributed by atoms with Crippen LogP contribution in [0.15, 0.2) is 18.2 Å². The number of carbonyl (C=O) groups is 1. The molecule has 2 heterocycles. The van der Waals surface area contributed by atoms with Gasteiger partial charge >= 0.3 is 0 Å². The van der Waals surface area contributed by atoms with Crippen LogP contribution in [0.1, 0.15) is 47.2 Å². The Morgan fingerprint density at radius 2 is 1.61 bits per heavy atom. The molecule has 23 heavy (non-hydrogen) atoms. The Bertz CT molecular complexity index is 695. The summed E-state index contributed by atoms with van der Waals surface area (Å²) in [7, 11) is -3.16. The number of piperidine rings is 1. The zero-order valence-corrected chi connectivity index (χ0v) is 14.7. The van der Waals surface area contributed by atoms with E-state index in [9.17, 15) is 13.2 Å². The number of benzene rings is 1. The quantitative estimate of drug-likeness (QED) is 0.918. The third-order valence-electron chi connectivity index (χ3n) is 4.87. The molecule has 0 radical (unpaired) electrons. The van der Waals surface area contributed by atoms with Crippen molar-refractivity contribution in [2.24, 2.45) is 0 Å². The van der Waals surface area contributed by atoms with Gasteiger partial charge in [-0.2, -0.15) is 4.31 Å². The summed E-state index contributed by atoms with van der Waals surface area (Å²) in [5.41, 5.74) is 2.82. The second-order valence-corrected chi connectivity index (χ2v) is 8.88. The van der Waals surface area contributed by atoms with Gasteiger partial charge in [0.25, 0.3) is 5.91 Å². The van der Waals surface area contributed by atoms with Crippen LogP contribution in [0.25, 0.3) is 0 Å². The maximum Gasteiger partial charge on any atom is 0.251 e. The van der Waals surface area contributed by atoms with E-state index < -0.39 is 10.0 Å². The lowest BCUT2D eigenvalue weighted by Gasteiger charge is -2.37. The van der Waals surface area contributed by atoms with Crippen LogP contribution in [-0.2, 0) is 10.0 Å². The van der Waals surface area contributed by atoms with Crippen LogP contribution < -0.4 is 5.32 Å². The Balaban J connectivity index is 1.70. The Morgan fingerprint density at radius 3 is 2.09 bits per heavy atom. The molecule has 2 atom stereocenters. The van der Waals surface area contributed by atoms with E-state index in [1.54, 1.807) is 4.31 Å². The van der Waals surface area contributed by atoms with Crippen molar-refractivity contribution in [2.75, 3.05) is 6.26 Å². The number of rotatable bonds is 3. The predicted molar refractivity (Wildman–Crippen MR) is 89.9 cm³/mol. The number of carbonyl (C=O) groups excluding carboxylic acids is 1. The first kappa shape index (κ1) is 16.5. The van der Waals surface area contributed by atoms with Gasteiger partial charge in [0.15, 0.2) is 0 Å². The summed E-state index contributed by atoms with van der Waals surface area (Å²) in [5.74, 6) is -0.0611. The van der Waals surface area contributed by atoms with Crippen LogP contribution in [0.5, 0.6) is 0 Å². The van der Waals surface area contributed by atoms with Crippen molar-refractivity contribution in [1.29, 1.82) is 0 Å². The SMILES string of the molecule is Cc1cc(C)cc(C(=O)NC2CC3CCC(C2)N3S(C)(=O)=O)c1. The number of nitrogens with one attached hydrogen (secondary N) is 1. The maximum atomic E-state index is 12.5. The Labute approximate surface area is 138 Å². The van der Waals surface area contributed by atoms with E-state index in [1.807, 2.05) is 32.0 Å². The number of aryl methyl sites for hydroxylation is 2. The van der Waals surface area contributed by atoms with Crippen molar-refractivity contribution in [3.63, 3.8) is 0 Å². The summed E-state index contributed by atoms with van der Waals surface area (Å²) in [6.45, 7) is 3.96. The molecule has 0 aliphatic carbocycles. The van der Waals surface area contributed by atoms with Crippen molar-refractivity contribution < 1.29 is 13.2 Å². The monoisotopic (exact) mass is 336 g/mol. The molecule has 2 aliphatic heterocycles. The predicted octanol–water partition coefficient (Wildman–Crippen LogP) is 1.99. The second kappa shape index (κ2) is 5.91. The van der Waals surface area contributed by atoms with Crippen LogP contribution in [0.2, 0.25) is 0 Å². The molecule has 2 saturated heterocycles. The summed E-state index contributed by atoms with van der Waals surface area (Å²) in [4.78, 5) is 12.5. The van der Waals surface area contributed by atoms with Crippen LogP contribution >= 0.6 is 0 Å². The first-order valence-electron chi connectivity index (χ1n) is 8.11. The van der Waals surface area contributed by atoms with Crippen molar-refractivity contribution in [2.45, 2.75) is 57.7 Å². The normalized spacial score (nSPS) is 27.9. The number of sulfonamides is 1. The van der Waals surface area contributed by atoms with Gasteiger partial charge in [-0.1, -0.05) is 17.2 Å². The minimum atomic E-state index is -3.16. The van der Waals surface area contributed by atoms with Crippen molar-refractivity contribution in [3.05, 3.63) is 34.9 Å². The second-order valence-electron chi connectivity index (χ2n) is 7.00. The highest BCUT2D eigenvalue weighted by atomic mass is 32.2. The molecular weight excluding hydrogens is 312 g/mol. The molecule has 126 valence electrons. The van der Waals surface area contributed by atoms with Gasteiger partial charge in [-0.15, -0.1) is 0 Å².